The van der Waals surface area contributed by atoms with Crippen LogP contribution >= 0.6 is 46.5 Å². The Bertz CT molecular complexity index is 908. The molecule has 0 unspecified atom stereocenters. The zero-order valence-corrected chi connectivity index (χ0v) is 17.3. The number of nitrogens with zero attached hydrogens (tertiary/aromatic N) is 1. The lowest BCUT2D eigenvalue weighted by molar-refractivity contribution is -0.145. The summed E-state index contributed by atoms with van der Waals surface area (Å²) in [5.41, 5.74) is 0. The second-order valence-electron chi connectivity index (χ2n) is 5.29. The monoisotopic (exact) mass is 439 g/mol. The van der Waals surface area contributed by atoms with Crippen molar-refractivity contribution in [3.63, 3.8) is 0 Å². The Morgan fingerprint density at radius 2 is 1.96 bits per heavy atom. The van der Waals surface area contributed by atoms with Gasteiger partial charge in [0.05, 0.1) is 15.7 Å². The summed E-state index contributed by atoms with van der Waals surface area (Å²) in [5.74, 6) is -1.07. The molecule has 0 aliphatic carbocycles. The van der Waals surface area contributed by atoms with Crippen molar-refractivity contribution in [2.45, 2.75) is 16.0 Å². The standard InChI is InChI=1S/C18H14ClNO4S3/c1-2-24-15(21)10-20-17(22)14(27-18(20)23)9-13-7-8-16(26-13)25-12-5-3-11(19)4-6-12/h3-9H,2,10H2,1H3. The molecule has 0 spiro atoms. The summed E-state index contributed by atoms with van der Waals surface area (Å²) in [7, 11) is 0. The van der Waals surface area contributed by atoms with Crippen molar-refractivity contribution in [1.82, 2.24) is 4.90 Å². The van der Waals surface area contributed by atoms with Crippen LogP contribution in [0.15, 0.2) is 50.4 Å². The number of carbonyl (C=O) groups excluding carboxylic acids is 3. The van der Waals surface area contributed by atoms with Crippen molar-refractivity contribution in [3.8, 4) is 0 Å². The largest absolute Gasteiger partial charge is 0.465 e. The first-order valence-corrected chi connectivity index (χ1v) is 10.7. The van der Waals surface area contributed by atoms with Crippen LogP contribution in [0, 0.1) is 0 Å². The molecule has 1 saturated heterocycles. The van der Waals surface area contributed by atoms with E-state index < -0.39 is 17.1 Å². The van der Waals surface area contributed by atoms with Gasteiger partial charge in [0.2, 0.25) is 0 Å². The molecule has 1 aliphatic rings. The van der Waals surface area contributed by atoms with Gasteiger partial charge < -0.3 is 4.74 Å². The van der Waals surface area contributed by atoms with E-state index in [-0.39, 0.29) is 13.2 Å². The quantitative estimate of drug-likeness (QED) is 0.458. The van der Waals surface area contributed by atoms with Crippen LogP contribution < -0.4 is 0 Å². The molecule has 1 aromatic carbocycles. The summed E-state index contributed by atoms with van der Waals surface area (Å²) in [5, 5.41) is 0.219. The number of hydrogen-bond acceptors (Lipinski definition) is 7. The lowest BCUT2D eigenvalue weighted by atomic mass is 10.3. The van der Waals surface area contributed by atoms with Gasteiger partial charge in [0, 0.05) is 14.8 Å². The van der Waals surface area contributed by atoms with E-state index in [1.165, 1.54) is 11.3 Å². The van der Waals surface area contributed by atoms with Gasteiger partial charge in [-0.15, -0.1) is 11.3 Å². The molecule has 140 valence electrons. The molecule has 2 aromatic rings. The lowest BCUT2D eigenvalue weighted by Crippen LogP contribution is -2.34. The van der Waals surface area contributed by atoms with Gasteiger partial charge in [0.25, 0.3) is 11.1 Å². The van der Waals surface area contributed by atoms with Gasteiger partial charge in [-0.2, -0.15) is 0 Å². The fourth-order valence-corrected chi connectivity index (χ4v) is 5.28. The van der Waals surface area contributed by atoms with E-state index in [4.69, 9.17) is 16.3 Å². The predicted molar refractivity (Wildman–Crippen MR) is 109 cm³/mol. The summed E-state index contributed by atoms with van der Waals surface area (Å²) < 4.78 is 5.85. The molecule has 2 amide bonds. The number of imide groups is 1. The molecule has 1 aliphatic heterocycles. The maximum absolute atomic E-state index is 12.4. The molecule has 1 aromatic heterocycles. The highest BCUT2D eigenvalue weighted by atomic mass is 35.5. The minimum absolute atomic E-state index is 0.203. The van der Waals surface area contributed by atoms with Crippen molar-refractivity contribution < 1.29 is 19.1 Å². The van der Waals surface area contributed by atoms with Crippen molar-refractivity contribution in [2.24, 2.45) is 0 Å². The van der Waals surface area contributed by atoms with Gasteiger partial charge in [0.1, 0.15) is 6.54 Å². The minimum Gasteiger partial charge on any atom is -0.465 e. The van der Waals surface area contributed by atoms with Crippen molar-refractivity contribution in [3.05, 3.63) is 51.2 Å². The van der Waals surface area contributed by atoms with E-state index in [0.29, 0.717) is 9.93 Å². The molecule has 1 fully saturated rings. The average molecular weight is 440 g/mol. The Labute approximate surface area is 173 Å². The molecule has 27 heavy (non-hydrogen) atoms. The van der Waals surface area contributed by atoms with E-state index in [1.54, 1.807) is 24.8 Å². The van der Waals surface area contributed by atoms with Gasteiger partial charge in [-0.3, -0.25) is 19.3 Å². The maximum atomic E-state index is 12.4. The Hall–Kier alpha value is -1.74. The molecule has 2 heterocycles. The molecule has 0 radical (unpaired) electrons. The first kappa shape index (κ1) is 20.0. The van der Waals surface area contributed by atoms with Crippen LogP contribution in [0.2, 0.25) is 5.02 Å². The highest BCUT2D eigenvalue weighted by Crippen LogP contribution is 2.37. The average Bonchev–Trinajstić information content (AvgIpc) is 3.17. The lowest BCUT2D eigenvalue weighted by Gasteiger charge is -2.10. The third-order valence-corrected chi connectivity index (χ3v) is 6.71. The van der Waals surface area contributed by atoms with Crippen molar-refractivity contribution >= 4 is 69.7 Å². The summed E-state index contributed by atoms with van der Waals surface area (Å²) in [6.07, 6.45) is 1.67. The Morgan fingerprint density at radius 3 is 2.67 bits per heavy atom. The van der Waals surface area contributed by atoms with Gasteiger partial charge in [-0.25, -0.2) is 0 Å². The third kappa shape index (κ3) is 5.16. The highest BCUT2D eigenvalue weighted by molar-refractivity contribution is 8.18. The molecular weight excluding hydrogens is 426 g/mol. The number of amides is 2. The van der Waals surface area contributed by atoms with Gasteiger partial charge in [-0.05, 0) is 61.2 Å². The molecule has 0 bridgehead atoms. The van der Waals surface area contributed by atoms with E-state index in [1.807, 2.05) is 36.4 Å². The normalized spacial score (nSPS) is 15.6. The number of hydrogen-bond donors (Lipinski definition) is 0. The predicted octanol–water partition coefficient (Wildman–Crippen LogP) is 5.15. The highest BCUT2D eigenvalue weighted by Gasteiger charge is 2.36. The van der Waals surface area contributed by atoms with Crippen LogP contribution in [0.25, 0.3) is 6.08 Å². The molecular formula is C18H14ClNO4S3. The summed E-state index contributed by atoms with van der Waals surface area (Å²) in [6, 6.07) is 11.4. The number of benzene rings is 1. The maximum Gasteiger partial charge on any atom is 0.326 e. The Morgan fingerprint density at radius 1 is 1.22 bits per heavy atom. The summed E-state index contributed by atoms with van der Waals surface area (Å²) >= 11 is 9.82. The smallest absolute Gasteiger partial charge is 0.326 e. The number of rotatable bonds is 6. The van der Waals surface area contributed by atoms with Gasteiger partial charge in [-0.1, -0.05) is 23.4 Å². The topological polar surface area (TPSA) is 63.7 Å². The van der Waals surface area contributed by atoms with Crippen molar-refractivity contribution in [2.75, 3.05) is 13.2 Å². The van der Waals surface area contributed by atoms with Crippen LogP contribution in [0.5, 0.6) is 0 Å². The Balaban J connectivity index is 1.69. The molecule has 9 heteroatoms. The number of esters is 1. The minimum atomic E-state index is -0.598. The second-order valence-corrected chi connectivity index (χ2v) is 9.20. The van der Waals surface area contributed by atoms with Crippen molar-refractivity contribution in [1.29, 1.82) is 0 Å². The van der Waals surface area contributed by atoms with Crippen LogP contribution in [0.4, 0.5) is 4.79 Å². The van der Waals surface area contributed by atoms with Crippen LogP contribution in [-0.4, -0.2) is 35.2 Å². The van der Waals surface area contributed by atoms with Gasteiger partial charge >= 0.3 is 5.97 Å². The summed E-state index contributed by atoms with van der Waals surface area (Å²) in [6.45, 7) is 1.51. The number of thiophene rings is 1. The molecule has 0 N–H and O–H groups in total. The molecule has 0 atom stereocenters. The SMILES string of the molecule is CCOC(=O)CN1C(=O)SC(=Cc2ccc(Sc3ccc(Cl)cc3)s2)C1=O. The third-order valence-electron chi connectivity index (χ3n) is 3.37. The number of thioether (sulfide) groups is 1. The molecule has 5 nitrogen and oxygen atoms in total. The Kier molecular flexibility index (Phi) is 6.64. The van der Waals surface area contributed by atoms with E-state index in [0.717, 1.165) is 30.6 Å². The fourth-order valence-electron chi connectivity index (χ4n) is 2.19. The first-order valence-electron chi connectivity index (χ1n) is 7.90. The molecule has 0 saturated carbocycles. The van der Waals surface area contributed by atoms with Gasteiger partial charge in [0.15, 0.2) is 0 Å². The zero-order valence-electron chi connectivity index (χ0n) is 14.1. The summed E-state index contributed by atoms with van der Waals surface area (Å²) in [4.78, 5) is 39.1. The number of carbonyl (C=O) groups is 3. The number of ether oxygens (including phenoxy) is 1. The number of halogens is 1. The fraction of sp³-hybridized carbons (Fsp3) is 0.167. The molecule has 3 rings (SSSR count). The van der Waals surface area contributed by atoms with E-state index in [9.17, 15) is 14.4 Å². The van der Waals surface area contributed by atoms with Crippen LogP contribution in [0.3, 0.4) is 0 Å². The zero-order chi connectivity index (χ0) is 19.4. The first-order chi connectivity index (χ1) is 13.0. The van der Waals surface area contributed by atoms with Crippen LogP contribution in [-0.2, 0) is 14.3 Å². The second kappa shape index (κ2) is 8.97. The van der Waals surface area contributed by atoms with E-state index in [2.05, 4.69) is 0 Å². The van der Waals surface area contributed by atoms with Crippen LogP contribution in [0.1, 0.15) is 11.8 Å². The van der Waals surface area contributed by atoms with E-state index >= 15 is 0 Å².